The lowest BCUT2D eigenvalue weighted by atomic mass is 9.96. The van der Waals surface area contributed by atoms with Gasteiger partial charge in [-0.2, -0.15) is 14.9 Å². The number of nitrogens with one attached hydrogen (secondary N) is 1. The van der Waals surface area contributed by atoms with Crippen LogP contribution in [0.2, 0.25) is 5.02 Å². The van der Waals surface area contributed by atoms with E-state index in [1.807, 2.05) is 24.3 Å². The summed E-state index contributed by atoms with van der Waals surface area (Å²) >= 11 is 11.3. The Labute approximate surface area is 223 Å². The summed E-state index contributed by atoms with van der Waals surface area (Å²) in [6, 6.07) is 20.3. The van der Waals surface area contributed by atoms with E-state index in [4.69, 9.17) is 23.8 Å². The average molecular weight is 539 g/mol. The Hall–Kier alpha value is -3.24. The van der Waals surface area contributed by atoms with E-state index in [0.717, 1.165) is 48.7 Å². The molecule has 1 saturated heterocycles. The molecule has 1 fully saturated rings. The van der Waals surface area contributed by atoms with E-state index < -0.39 is 0 Å². The summed E-state index contributed by atoms with van der Waals surface area (Å²) in [7, 11) is 0. The number of halogens is 3. The molecule has 0 bridgehead atoms. The number of rotatable bonds is 7. The molecule has 3 aromatic carbocycles. The van der Waals surface area contributed by atoms with Crippen LogP contribution >= 0.6 is 23.8 Å². The average Bonchev–Trinajstić information content (AvgIpc) is 3.25. The predicted octanol–water partition coefficient (Wildman–Crippen LogP) is 5.66. The Bertz CT molecular complexity index is 1360. The molecule has 0 aliphatic carbocycles. The summed E-state index contributed by atoms with van der Waals surface area (Å²) in [5.41, 5.74) is 2.84. The number of piperazine rings is 1. The van der Waals surface area contributed by atoms with Crippen LogP contribution in [0.15, 0.2) is 77.9 Å². The fourth-order valence-electron chi connectivity index (χ4n) is 4.50. The molecule has 1 N–H and O–H groups in total. The summed E-state index contributed by atoms with van der Waals surface area (Å²) < 4.78 is 29.3. The highest BCUT2D eigenvalue weighted by molar-refractivity contribution is 7.71. The first-order chi connectivity index (χ1) is 18.0. The summed E-state index contributed by atoms with van der Waals surface area (Å²) in [6.07, 6.45) is 1.72. The first kappa shape index (κ1) is 25.4. The predicted molar refractivity (Wildman–Crippen MR) is 143 cm³/mol. The van der Waals surface area contributed by atoms with Crippen molar-refractivity contribution in [2.75, 3.05) is 26.2 Å². The Balaban J connectivity index is 1.29. The smallest absolute Gasteiger partial charge is 0.216 e. The minimum absolute atomic E-state index is 0.0955. The third-order valence-electron chi connectivity index (χ3n) is 6.42. The fourth-order valence-corrected chi connectivity index (χ4v) is 4.83. The van der Waals surface area contributed by atoms with Gasteiger partial charge in [0.05, 0.1) is 18.8 Å². The zero-order chi connectivity index (χ0) is 25.8. The molecule has 6 nitrogen and oxygen atoms in total. The molecular formula is C27H25ClF2N6S. The van der Waals surface area contributed by atoms with E-state index >= 15 is 0 Å². The third kappa shape index (κ3) is 6.19. The molecule has 37 heavy (non-hydrogen) atoms. The number of benzene rings is 3. The second-order valence-electron chi connectivity index (χ2n) is 8.87. The van der Waals surface area contributed by atoms with Gasteiger partial charge in [-0.3, -0.25) is 14.9 Å². The lowest BCUT2D eigenvalue weighted by molar-refractivity contribution is 0.102. The zero-order valence-electron chi connectivity index (χ0n) is 19.9. The van der Waals surface area contributed by atoms with Crippen molar-refractivity contribution in [2.45, 2.75) is 12.6 Å². The van der Waals surface area contributed by atoms with Gasteiger partial charge in [0.2, 0.25) is 4.77 Å². The molecule has 0 amide bonds. The minimum atomic E-state index is -0.279. The fraction of sp³-hybridized carbons (Fsp3) is 0.222. The molecule has 0 radical (unpaired) electrons. The molecule has 190 valence electrons. The molecule has 0 spiro atoms. The number of H-pyrrole nitrogens is 1. The van der Waals surface area contributed by atoms with Crippen LogP contribution in [-0.2, 0) is 6.54 Å². The summed E-state index contributed by atoms with van der Waals surface area (Å²) in [6.45, 7) is 3.72. The molecule has 0 unspecified atom stereocenters. The van der Waals surface area contributed by atoms with Gasteiger partial charge in [-0.15, -0.1) is 0 Å². The highest BCUT2D eigenvalue weighted by Crippen LogP contribution is 2.30. The van der Waals surface area contributed by atoms with Crippen LogP contribution < -0.4 is 0 Å². The Morgan fingerprint density at radius 3 is 2.03 bits per heavy atom. The summed E-state index contributed by atoms with van der Waals surface area (Å²) in [4.78, 5) is 4.63. The van der Waals surface area contributed by atoms with Crippen molar-refractivity contribution in [3.63, 3.8) is 0 Å². The van der Waals surface area contributed by atoms with Crippen molar-refractivity contribution >= 4 is 30.0 Å². The molecule has 0 atom stereocenters. The van der Waals surface area contributed by atoms with Crippen LogP contribution in [-0.4, -0.2) is 57.1 Å². The maximum absolute atomic E-state index is 13.6. The topological polar surface area (TPSA) is 52.4 Å². The maximum atomic E-state index is 13.6. The lowest BCUT2D eigenvalue weighted by Gasteiger charge is -2.39. The van der Waals surface area contributed by atoms with Crippen molar-refractivity contribution < 1.29 is 8.78 Å². The van der Waals surface area contributed by atoms with E-state index in [0.29, 0.717) is 16.3 Å². The highest BCUT2D eigenvalue weighted by atomic mass is 35.5. The number of aromatic nitrogens is 3. The van der Waals surface area contributed by atoms with Crippen LogP contribution in [0.25, 0.3) is 0 Å². The molecule has 2 heterocycles. The first-order valence-corrected chi connectivity index (χ1v) is 12.7. The molecule has 4 aromatic rings. The number of hydrogen-bond donors (Lipinski definition) is 1. The van der Waals surface area contributed by atoms with E-state index in [2.05, 4.69) is 25.1 Å². The van der Waals surface area contributed by atoms with E-state index in [9.17, 15) is 8.78 Å². The Kier molecular flexibility index (Phi) is 7.85. The van der Waals surface area contributed by atoms with Crippen molar-refractivity contribution in [1.29, 1.82) is 0 Å². The normalized spacial score (nSPS) is 15.1. The van der Waals surface area contributed by atoms with Gasteiger partial charge in [-0.05, 0) is 65.3 Å². The summed E-state index contributed by atoms with van der Waals surface area (Å²) in [5.74, 6) is 0.161. The Morgan fingerprint density at radius 1 is 0.892 bits per heavy atom. The molecule has 1 aliphatic heterocycles. The van der Waals surface area contributed by atoms with E-state index in [1.165, 1.54) is 24.3 Å². The van der Waals surface area contributed by atoms with Gasteiger partial charge in [0.25, 0.3) is 0 Å². The number of hydrogen-bond acceptors (Lipinski definition) is 5. The van der Waals surface area contributed by atoms with Crippen LogP contribution in [0.1, 0.15) is 28.6 Å². The van der Waals surface area contributed by atoms with Crippen LogP contribution in [0.5, 0.6) is 0 Å². The summed E-state index contributed by atoms with van der Waals surface area (Å²) in [5, 5.41) is 12.4. The van der Waals surface area contributed by atoms with E-state index in [1.54, 1.807) is 35.2 Å². The molecule has 5 rings (SSSR count). The molecule has 0 saturated carbocycles. The van der Waals surface area contributed by atoms with Gasteiger partial charge in [0, 0.05) is 31.2 Å². The van der Waals surface area contributed by atoms with Gasteiger partial charge >= 0.3 is 0 Å². The molecule has 1 aliphatic rings. The van der Waals surface area contributed by atoms with Crippen molar-refractivity contribution in [1.82, 2.24) is 24.7 Å². The van der Waals surface area contributed by atoms with Crippen molar-refractivity contribution in [3.8, 4) is 0 Å². The second-order valence-corrected chi connectivity index (χ2v) is 9.69. The van der Waals surface area contributed by atoms with Crippen molar-refractivity contribution in [3.05, 3.63) is 117 Å². The van der Waals surface area contributed by atoms with Gasteiger partial charge in [0.1, 0.15) is 11.6 Å². The number of nitrogens with zero attached hydrogens (tertiary/aromatic N) is 5. The first-order valence-electron chi connectivity index (χ1n) is 11.9. The van der Waals surface area contributed by atoms with Crippen molar-refractivity contribution in [2.24, 2.45) is 5.10 Å². The maximum Gasteiger partial charge on any atom is 0.216 e. The monoisotopic (exact) mass is 538 g/mol. The quantitative estimate of drug-likeness (QED) is 0.244. The van der Waals surface area contributed by atoms with Crippen LogP contribution in [0.4, 0.5) is 8.78 Å². The standard InChI is InChI=1S/C27H25ClF2N6S/c28-22-7-1-19(2-8-22)17-31-36-25(32-33-27(36)37)18-34-13-15-35(16-14-34)26(20-3-9-23(29)10-4-20)21-5-11-24(30)12-6-21/h1-12,17,26H,13-16,18H2,(H,33,37)/b31-17+. The largest absolute Gasteiger partial charge is 0.293 e. The Morgan fingerprint density at radius 2 is 1.46 bits per heavy atom. The SMILES string of the molecule is Fc1ccc(C(c2ccc(F)cc2)N2CCN(Cc3n[nH]c(=S)n3/N=C/c3ccc(Cl)cc3)CC2)cc1. The minimum Gasteiger partial charge on any atom is -0.293 e. The number of aromatic amines is 1. The third-order valence-corrected chi connectivity index (χ3v) is 6.93. The highest BCUT2D eigenvalue weighted by Gasteiger charge is 2.27. The van der Waals surface area contributed by atoms with Gasteiger partial charge < -0.3 is 0 Å². The second kappa shape index (κ2) is 11.4. The van der Waals surface area contributed by atoms with Gasteiger partial charge in [0.15, 0.2) is 5.82 Å². The lowest BCUT2D eigenvalue weighted by Crippen LogP contribution is -2.47. The molecular weight excluding hydrogens is 514 g/mol. The van der Waals surface area contributed by atoms with Gasteiger partial charge in [-0.25, -0.2) is 8.78 Å². The molecule has 10 heteroatoms. The van der Waals surface area contributed by atoms with Gasteiger partial charge in [-0.1, -0.05) is 48.0 Å². The van der Waals surface area contributed by atoms with E-state index in [-0.39, 0.29) is 17.7 Å². The van der Waals surface area contributed by atoms with Crippen LogP contribution in [0.3, 0.4) is 0 Å². The zero-order valence-corrected chi connectivity index (χ0v) is 21.5. The van der Waals surface area contributed by atoms with Crippen LogP contribution in [0, 0.1) is 16.4 Å². The molecule has 1 aromatic heterocycles.